The molecule has 2 aromatic rings. The van der Waals surface area contributed by atoms with Crippen molar-refractivity contribution in [1.82, 2.24) is 0 Å². The summed E-state index contributed by atoms with van der Waals surface area (Å²) < 4.78 is 0. The van der Waals surface area contributed by atoms with Crippen molar-refractivity contribution in [2.75, 3.05) is 5.32 Å². The largest absolute Gasteiger partial charge is 0.362 e. The molecule has 0 saturated heterocycles. The van der Waals surface area contributed by atoms with E-state index in [1.54, 1.807) is 6.21 Å². The summed E-state index contributed by atoms with van der Waals surface area (Å²) in [6.07, 6.45) is 9.44. The fraction of sp³-hybridized carbons (Fsp3) is 0. The van der Waals surface area contributed by atoms with Gasteiger partial charge in [0.05, 0.1) is 5.69 Å². The van der Waals surface area contributed by atoms with Gasteiger partial charge in [0.15, 0.2) is 0 Å². The number of anilines is 1. The first-order valence-corrected chi connectivity index (χ1v) is 6.18. The van der Waals surface area contributed by atoms with Crippen LogP contribution in [-0.4, -0.2) is 6.21 Å². The van der Waals surface area contributed by atoms with Crippen molar-refractivity contribution < 1.29 is 0 Å². The Morgan fingerprint density at radius 2 is 1.42 bits per heavy atom. The SMILES string of the molecule is C(/C=C\C=C\Nc1ccccc1)=Nc1ccccc1. The van der Waals surface area contributed by atoms with Crippen LogP contribution in [0.4, 0.5) is 11.4 Å². The number of nitrogens with one attached hydrogen (secondary N) is 1. The van der Waals surface area contributed by atoms with Crippen molar-refractivity contribution in [3.63, 3.8) is 0 Å². The van der Waals surface area contributed by atoms with Crippen LogP contribution in [0.25, 0.3) is 0 Å². The lowest BCUT2D eigenvalue weighted by Crippen LogP contribution is -1.84. The van der Waals surface area contributed by atoms with Crippen molar-refractivity contribution in [1.29, 1.82) is 0 Å². The normalized spacial score (nSPS) is 11.6. The molecule has 0 heterocycles. The molecule has 2 nitrogen and oxygen atoms in total. The summed E-state index contributed by atoms with van der Waals surface area (Å²) in [7, 11) is 0. The second-order valence-electron chi connectivity index (χ2n) is 3.87. The van der Waals surface area contributed by atoms with Crippen molar-refractivity contribution in [2.45, 2.75) is 0 Å². The molecule has 2 aromatic carbocycles. The van der Waals surface area contributed by atoms with Gasteiger partial charge in [0.25, 0.3) is 0 Å². The smallest absolute Gasteiger partial charge is 0.0629 e. The first-order chi connectivity index (χ1) is 9.45. The standard InChI is InChI=1S/C17H16N2/c1-4-10-16(11-5-1)18-14-8-3-9-15-19-17-12-6-2-7-13-17/h1-15,18H/b9-3-,14-8+,19-15?. The van der Waals surface area contributed by atoms with E-state index in [4.69, 9.17) is 0 Å². The van der Waals surface area contributed by atoms with E-state index in [0.717, 1.165) is 11.4 Å². The number of aliphatic imine (C=N–C) groups is 1. The molecule has 0 spiro atoms. The molecular weight excluding hydrogens is 232 g/mol. The molecule has 1 N–H and O–H groups in total. The summed E-state index contributed by atoms with van der Waals surface area (Å²) in [5.74, 6) is 0. The Balaban J connectivity index is 1.76. The lowest BCUT2D eigenvalue weighted by Gasteiger charge is -1.97. The van der Waals surface area contributed by atoms with Crippen LogP contribution in [0.2, 0.25) is 0 Å². The third-order valence-electron chi connectivity index (χ3n) is 2.41. The van der Waals surface area contributed by atoms with Gasteiger partial charge in [-0.1, -0.05) is 42.5 Å². The van der Waals surface area contributed by atoms with Crippen LogP contribution in [0.15, 0.2) is 90.1 Å². The van der Waals surface area contributed by atoms with Crippen molar-refractivity contribution in [3.8, 4) is 0 Å². The topological polar surface area (TPSA) is 24.4 Å². The molecule has 19 heavy (non-hydrogen) atoms. The maximum atomic E-state index is 4.30. The number of hydrogen-bond acceptors (Lipinski definition) is 2. The zero-order valence-electron chi connectivity index (χ0n) is 10.6. The number of allylic oxidation sites excluding steroid dienone is 3. The number of nitrogens with zero attached hydrogens (tertiary/aromatic N) is 1. The van der Waals surface area contributed by atoms with Crippen LogP contribution in [0, 0.1) is 0 Å². The highest BCUT2D eigenvalue weighted by Crippen LogP contribution is 2.08. The third-order valence-corrected chi connectivity index (χ3v) is 2.41. The molecule has 0 aliphatic rings. The summed E-state index contributed by atoms with van der Waals surface area (Å²) in [4.78, 5) is 4.30. The molecule has 0 radical (unpaired) electrons. The van der Waals surface area contributed by atoms with Crippen molar-refractivity contribution in [2.24, 2.45) is 4.99 Å². The zero-order valence-corrected chi connectivity index (χ0v) is 10.6. The lowest BCUT2D eigenvalue weighted by molar-refractivity contribution is 1.54. The van der Waals surface area contributed by atoms with Crippen LogP contribution in [0.5, 0.6) is 0 Å². The maximum Gasteiger partial charge on any atom is 0.0629 e. The molecule has 0 fully saturated rings. The Morgan fingerprint density at radius 1 is 0.737 bits per heavy atom. The summed E-state index contributed by atoms with van der Waals surface area (Å²) in [6.45, 7) is 0. The Kier molecular flexibility index (Phi) is 5.18. The quantitative estimate of drug-likeness (QED) is 0.608. The molecule has 0 bridgehead atoms. The average molecular weight is 248 g/mol. The number of para-hydroxylation sites is 2. The van der Waals surface area contributed by atoms with Gasteiger partial charge in [0.2, 0.25) is 0 Å². The number of hydrogen-bond donors (Lipinski definition) is 1. The van der Waals surface area contributed by atoms with E-state index in [0.29, 0.717) is 0 Å². The molecule has 2 heteroatoms. The van der Waals surface area contributed by atoms with Gasteiger partial charge in [-0.3, -0.25) is 4.99 Å². The number of benzene rings is 2. The maximum absolute atomic E-state index is 4.30. The van der Waals surface area contributed by atoms with E-state index in [1.807, 2.05) is 85.1 Å². The van der Waals surface area contributed by atoms with Crippen LogP contribution in [0.3, 0.4) is 0 Å². The molecule has 0 aliphatic heterocycles. The van der Waals surface area contributed by atoms with E-state index in [-0.39, 0.29) is 0 Å². The fourth-order valence-electron chi connectivity index (χ4n) is 1.49. The Morgan fingerprint density at radius 3 is 2.16 bits per heavy atom. The summed E-state index contributed by atoms with van der Waals surface area (Å²) in [5, 5.41) is 3.18. The Hall–Kier alpha value is -2.61. The second kappa shape index (κ2) is 7.67. The minimum absolute atomic E-state index is 0.957. The van der Waals surface area contributed by atoms with Gasteiger partial charge >= 0.3 is 0 Å². The molecule has 0 amide bonds. The molecule has 0 saturated carbocycles. The van der Waals surface area contributed by atoms with Gasteiger partial charge in [-0.25, -0.2) is 0 Å². The minimum atomic E-state index is 0.957. The van der Waals surface area contributed by atoms with Gasteiger partial charge in [0, 0.05) is 18.1 Å². The van der Waals surface area contributed by atoms with Crippen LogP contribution in [-0.2, 0) is 0 Å². The Labute approximate surface area is 113 Å². The van der Waals surface area contributed by atoms with Gasteiger partial charge in [-0.05, 0) is 36.4 Å². The van der Waals surface area contributed by atoms with Crippen LogP contribution in [0.1, 0.15) is 0 Å². The average Bonchev–Trinajstić information content (AvgIpc) is 2.48. The van der Waals surface area contributed by atoms with Gasteiger partial charge in [0.1, 0.15) is 0 Å². The third kappa shape index (κ3) is 5.04. The molecule has 0 atom stereocenters. The summed E-state index contributed by atoms with van der Waals surface area (Å²) >= 11 is 0. The Bertz CT molecular complexity index is 554. The first-order valence-electron chi connectivity index (χ1n) is 6.18. The highest BCUT2D eigenvalue weighted by atomic mass is 14.8. The molecular formula is C17H16N2. The van der Waals surface area contributed by atoms with E-state index < -0.39 is 0 Å². The van der Waals surface area contributed by atoms with Gasteiger partial charge in [-0.2, -0.15) is 0 Å². The zero-order chi connectivity index (χ0) is 13.2. The molecule has 94 valence electrons. The minimum Gasteiger partial charge on any atom is -0.362 e. The van der Waals surface area contributed by atoms with E-state index in [1.165, 1.54) is 0 Å². The predicted octanol–water partition coefficient (Wildman–Crippen LogP) is 4.57. The van der Waals surface area contributed by atoms with Crippen LogP contribution >= 0.6 is 0 Å². The predicted molar refractivity (Wildman–Crippen MR) is 82.9 cm³/mol. The highest BCUT2D eigenvalue weighted by molar-refractivity contribution is 5.74. The molecule has 2 rings (SSSR count). The monoisotopic (exact) mass is 248 g/mol. The lowest BCUT2D eigenvalue weighted by atomic mass is 10.3. The summed E-state index contributed by atoms with van der Waals surface area (Å²) in [5.41, 5.74) is 2.03. The van der Waals surface area contributed by atoms with Crippen LogP contribution < -0.4 is 5.32 Å². The number of rotatable bonds is 5. The highest BCUT2D eigenvalue weighted by Gasteiger charge is 1.82. The van der Waals surface area contributed by atoms with E-state index in [9.17, 15) is 0 Å². The van der Waals surface area contributed by atoms with E-state index >= 15 is 0 Å². The first kappa shape index (κ1) is 12.8. The van der Waals surface area contributed by atoms with Gasteiger partial charge < -0.3 is 5.32 Å². The molecule has 0 unspecified atom stereocenters. The molecule has 0 aromatic heterocycles. The fourth-order valence-corrected chi connectivity index (χ4v) is 1.49. The van der Waals surface area contributed by atoms with E-state index in [2.05, 4.69) is 10.3 Å². The summed E-state index contributed by atoms with van der Waals surface area (Å²) in [6, 6.07) is 19.9. The molecule has 0 aliphatic carbocycles. The van der Waals surface area contributed by atoms with Crippen molar-refractivity contribution >= 4 is 17.6 Å². The second-order valence-corrected chi connectivity index (χ2v) is 3.87. The van der Waals surface area contributed by atoms with Gasteiger partial charge in [-0.15, -0.1) is 0 Å². The van der Waals surface area contributed by atoms with Crippen molar-refractivity contribution in [3.05, 3.63) is 85.1 Å².